The van der Waals surface area contributed by atoms with E-state index in [0.717, 1.165) is 0 Å². The number of rotatable bonds is 6. The number of para-hydroxylation sites is 1. The van der Waals surface area contributed by atoms with Crippen LogP contribution in [0.25, 0.3) is 0 Å². The number of hydrogen-bond acceptors (Lipinski definition) is 4. The van der Waals surface area contributed by atoms with Crippen LogP contribution in [0.2, 0.25) is 0 Å². The van der Waals surface area contributed by atoms with Crippen LogP contribution in [0.1, 0.15) is 25.5 Å². The van der Waals surface area contributed by atoms with Gasteiger partial charge in [0.25, 0.3) is 0 Å². The number of nitriles is 1. The quantitative estimate of drug-likeness (QED) is 0.528. The van der Waals surface area contributed by atoms with Crippen molar-refractivity contribution < 1.29 is 14.3 Å². The van der Waals surface area contributed by atoms with Crippen molar-refractivity contribution in [1.82, 2.24) is 0 Å². The normalized spacial score (nSPS) is 20.4. The Morgan fingerprint density at radius 2 is 1.82 bits per heavy atom. The Hall–Kier alpha value is -2.48. The van der Waals surface area contributed by atoms with Gasteiger partial charge >= 0.3 is 5.97 Å². The van der Waals surface area contributed by atoms with Crippen molar-refractivity contribution in [2.24, 2.45) is 17.3 Å². The Morgan fingerprint density at radius 3 is 2.46 bits per heavy atom. The Balaban J connectivity index is 1.72. The molecule has 3 rings (SSSR count). The molecule has 0 aliphatic heterocycles. The summed E-state index contributed by atoms with van der Waals surface area (Å²) < 4.78 is 11.4. The highest BCUT2D eigenvalue weighted by atomic mass is 35.5. The fraction of sp³-hybridized carbons (Fsp3) is 0.273. The van der Waals surface area contributed by atoms with Gasteiger partial charge in [-0.3, -0.25) is 4.79 Å². The summed E-state index contributed by atoms with van der Waals surface area (Å²) in [5.74, 6) is 0.289. The predicted octanol–water partition coefficient (Wildman–Crippen LogP) is 6.18. The summed E-state index contributed by atoms with van der Waals surface area (Å²) in [6.45, 7) is 3.87. The highest BCUT2D eigenvalue weighted by Gasteiger charge is 2.62. The van der Waals surface area contributed by atoms with Gasteiger partial charge < -0.3 is 9.47 Å². The van der Waals surface area contributed by atoms with Crippen molar-refractivity contribution in [3.05, 3.63) is 70.7 Å². The number of ether oxygens (including phenoxy) is 2. The van der Waals surface area contributed by atoms with Crippen LogP contribution >= 0.6 is 23.2 Å². The van der Waals surface area contributed by atoms with Gasteiger partial charge in [0.1, 0.15) is 22.1 Å². The van der Waals surface area contributed by atoms with Gasteiger partial charge in [-0.05, 0) is 41.7 Å². The first-order valence-corrected chi connectivity index (χ1v) is 9.54. The second-order valence-corrected chi connectivity index (χ2v) is 8.22. The SMILES string of the molecule is CC1(C)C(C=C(Cl)Cl)[C@@H]1C(=O)O[C@@H](C#N)c1cccc(Oc2ccccc2)c1. The zero-order valence-corrected chi connectivity index (χ0v) is 16.9. The molecule has 1 unspecified atom stereocenters. The van der Waals surface area contributed by atoms with Crippen LogP contribution in [0.3, 0.4) is 0 Å². The molecule has 1 aliphatic rings. The first-order chi connectivity index (χ1) is 13.3. The molecule has 2 aromatic rings. The molecular weight excluding hydrogens is 397 g/mol. The minimum atomic E-state index is -1.03. The molecule has 0 saturated heterocycles. The molecule has 28 heavy (non-hydrogen) atoms. The van der Waals surface area contributed by atoms with E-state index < -0.39 is 12.1 Å². The van der Waals surface area contributed by atoms with Gasteiger partial charge in [-0.25, -0.2) is 0 Å². The molecule has 1 saturated carbocycles. The van der Waals surface area contributed by atoms with Crippen LogP contribution in [0, 0.1) is 28.6 Å². The number of carbonyl (C=O) groups excluding carboxylic acids is 1. The minimum Gasteiger partial charge on any atom is -0.457 e. The van der Waals surface area contributed by atoms with E-state index in [1.807, 2.05) is 50.2 Å². The number of esters is 1. The molecule has 0 aromatic heterocycles. The van der Waals surface area contributed by atoms with Crippen LogP contribution < -0.4 is 4.74 Å². The lowest BCUT2D eigenvalue weighted by Crippen LogP contribution is -2.14. The number of nitrogens with zero attached hydrogens (tertiary/aromatic N) is 1. The summed E-state index contributed by atoms with van der Waals surface area (Å²) in [5.41, 5.74) is 0.231. The van der Waals surface area contributed by atoms with Crippen LogP contribution in [-0.2, 0) is 9.53 Å². The topological polar surface area (TPSA) is 59.3 Å². The lowest BCUT2D eigenvalue weighted by molar-refractivity contribution is -0.149. The molecule has 4 nitrogen and oxygen atoms in total. The largest absolute Gasteiger partial charge is 0.457 e. The third kappa shape index (κ3) is 4.49. The van der Waals surface area contributed by atoms with E-state index in [2.05, 4.69) is 0 Å². The molecule has 1 aliphatic carbocycles. The van der Waals surface area contributed by atoms with Gasteiger partial charge in [-0.15, -0.1) is 0 Å². The fourth-order valence-electron chi connectivity index (χ4n) is 3.30. The van der Waals surface area contributed by atoms with Crippen molar-refractivity contribution in [2.45, 2.75) is 20.0 Å². The molecule has 0 bridgehead atoms. The van der Waals surface area contributed by atoms with E-state index in [4.69, 9.17) is 32.7 Å². The van der Waals surface area contributed by atoms with Crippen LogP contribution in [0.15, 0.2) is 65.2 Å². The Bertz CT molecular complexity index is 930. The van der Waals surface area contributed by atoms with Gasteiger partial charge in [0.15, 0.2) is 0 Å². The average molecular weight is 416 g/mol. The maximum absolute atomic E-state index is 12.6. The average Bonchev–Trinajstić information content (AvgIpc) is 3.20. The van der Waals surface area contributed by atoms with Gasteiger partial charge in [-0.2, -0.15) is 5.26 Å². The molecule has 3 atom stereocenters. The monoisotopic (exact) mass is 415 g/mol. The zero-order chi connectivity index (χ0) is 20.3. The standard InChI is InChI=1S/C22H19Cl2NO3/c1-22(2)17(12-19(23)24)20(22)21(26)28-18(13-25)14-7-6-10-16(11-14)27-15-8-4-3-5-9-15/h3-12,17-18,20H,1-2H3/t17?,18-,20+/m0/s1. The smallest absolute Gasteiger partial charge is 0.311 e. The summed E-state index contributed by atoms with van der Waals surface area (Å²) in [7, 11) is 0. The molecule has 1 fully saturated rings. The van der Waals surface area contributed by atoms with Crippen molar-refractivity contribution in [3.63, 3.8) is 0 Å². The lowest BCUT2D eigenvalue weighted by Gasteiger charge is -2.13. The third-order valence-corrected chi connectivity index (χ3v) is 5.21. The first-order valence-electron chi connectivity index (χ1n) is 8.78. The molecule has 0 spiro atoms. The summed E-state index contributed by atoms with van der Waals surface area (Å²) in [6, 6.07) is 18.3. The zero-order valence-electron chi connectivity index (χ0n) is 15.4. The van der Waals surface area contributed by atoms with Crippen molar-refractivity contribution in [3.8, 4) is 17.6 Å². The summed E-state index contributed by atoms with van der Waals surface area (Å²) in [4.78, 5) is 12.6. The van der Waals surface area contributed by atoms with E-state index in [1.54, 1.807) is 30.3 Å². The van der Waals surface area contributed by atoms with Gasteiger partial charge in [0.05, 0.1) is 5.92 Å². The second kappa shape index (κ2) is 8.26. The Morgan fingerprint density at radius 1 is 1.14 bits per heavy atom. The number of benzene rings is 2. The molecule has 0 N–H and O–H groups in total. The van der Waals surface area contributed by atoms with Gasteiger partial charge in [0.2, 0.25) is 6.10 Å². The number of carbonyl (C=O) groups is 1. The summed E-state index contributed by atoms with van der Waals surface area (Å²) in [6.07, 6.45) is 0.615. The third-order valence-electron chi connectivity index (χ3n) is 4.96. The minimum absolute atomic E-state index is 0.114. The van der Waals surface area contributed by atoms with Gasteiger partial charge in [0, 0.05) is 5.56 Å². The first kappa shape index (κ1) is 20.3. The molecule has 6 heteroatoms. The lowest BCUT2D eigenvalue weighted by atomic mass is 10.1. The molecule has 144 valence electrons. The molecular formula is C22H19Cl2NO3. The molecule has 2 aromatic carbocycles. The second-order valence-electron chi connectivity index (χ2n) is 7.21. The van der Waals surface area contributed by atoms with Crippen LogP contribution in [-0.4, -0.2) is 5.97 Å². The van der Waals surface area contributed by atoms with Gasteiger partial charge in [-0.1, -0.05) is 67.4 Å². The summed E-state index contributed by atoms with van der Waals surface area (Å²) >= 11 is 11.5. The predicted molar refractivity (Wildman–Crippen MR) is 108 cm³/mol. The Kier molecular flexibility index (Phi) is 5.98. The molecule has 0 radical (unpaired) electrons. The number of halogens is 2. The van der Waals surface area contributed by atoms with E-state index in [9.17, 15) is 10.1 Å². The van der Waals surface area contributed by atoms with Crippen LogP contribution in [0.4, 0.5) is 0 Å². The maximum atomic E-state index is 12.6. The Labute approximate surface area is 174 Å². The van der Waals surface area contributed by atoms with E-state index in [1.165, 1.54) is 0 Å². The number of allylic oxidation sites excluding steroid dienone is 1. The van der Waals surface area contributed by atoms with E-state index in [-0.39, 0.29) is 21.7 Å². The fourth-order valence-corrected chi connectivity index (χ4v) is 3.57. The molecule has 0 heterocycles. The van der Waals surface area contributed by atoms with Crippen molar-refractivity contribution in [2.75, 3.05) is 0 Å². The van der Waals surface area contributed by atoms with Crippen LogP contribution in [0.5, 0.6) is 11.5 Å². The maximum Gasteiger partial charge on any atom is 0.311 e. The van der Waals surface area contributed by atoms with Crippen molar-refractivity contribution in [1.29, 1.82) is 5.26 Å². The number of hydrogen-bond donors (Lipinski definition) is 0. The highest BCUT2D eigenvalue weighted by Crippen LogP contribution is 2.60. The van der Waals surface area contributed by atoms with Crippen molar-refractivity contribution >= 4 is 29.2 Å². The van der Waals surface area contributed by atoms with E-state index in [0.29, 0.717) is 17.1 Å². The highest BCUT2D eigenvalue weighted by molar-refractivity contribution is 6.55. The summed E-state index contributed by atoms with van der Waals surface area (Å²) in [5, 5.41) is 9.53. The molecule has 0 amide bonds. The van der Waals surface area contributed by atoms with E-state index >= 15 is 0 Å².